The summed E-state index contributed by atoms with van der Waals surface area (Å²) in [5.41, 5.74) is 4.67. The fourth-order valence-corrected chi connectivity index (χ4v) is 7.14. The smallest absolute Gasteiger partial charge is 0.244 e. The van der Waals surface area contributed by atoms with Gasteiger partial charge in [0.05, 0.1) is 42.7 Å². The van der Waals surface area contributed by atoms with Crippen molar-refractivity contribution in [2.45, 2.75) is 26.2 Å². The molecular formula is C42H44N4O6+2. The Balaban J connectivity index is 1.18. The average molecular weight is 701 g/mol. The second-order valence-electron chi connectivity index (χ2n) is 12.6. The van der Waals surface area contributed by atoms with E-state index in [0.29, 0.717) is 47.6 Å². The highest BCUT2D eigenvalue weighted by Crippen LogP contribution is 2.39. The molecule has 0 atom stereocenters. The van der Waals surface area contributed by atoms with Gasteiger partial charge in [0, 0.05) is 22.3 Å². The number of imidazole rings is 2. The van der Waals surface area contributed by atoms with Gasteiger partial charge in [-0.05, 0) is 45.8 Å². The third-order valence-corrected chi connectivity index (χ3v) is 9.51. The summed E-state index contributed by atoms with van der Waals surface area (Å²) in [6, 6.07) is 25.5. The van der Waals surface area contributed by atoms with Gasteiger partial charge in [-0.2, -0.15) is 0 Å². The predicted octanol–water partition coefficient (Wildman–Crippen LogP) is 6.42. The van der Waals surface area contributed by atoms with Crippen molar-refractivity contribution < 1.29 is 37.6 Å². The van der Waals surface area contributed by atoms with Gasteiger partial charge >= 0.3 is 0 Å². The fourth-order valence-electron chi connectivity index (χ4n) is 7.14. The molecule has 10 heteroatoms. The van der Waals surface area contributed by atoms with E-state index in [1.165, 1.54) is 32.7 Å². The third kappa shape index (κ3) is 6.67. The van der Waals surface area contributed by atoms with Gasteiger partial charge in [0.25, 0.3) is 0 Å². The molecule has 0 bridgehead atoms. The summed E-state index contributed by atoms with van der Waals surface area (Å²) >= 11 is 0. The van der Waals surface area contributed by atoms with Crippen LogP contribution < -0.4 is 37.6 Å². The van der Waals surface area contributed by atoms with E-state index < -0.39 is 0 Å². The highest BCUT2D eigenvalue weighted by atomic mass is 16.5. The zero-order valence-electron chi connectivity index (χ0n) is 30.5. The molecule has 0 aliphatic carbocycles. The molecule has 2 heterocycles. The van der Waals surface area contributed by atoms with Crippen molar-refractivity contribution in [1.82, 2.24) is 9.13 Å². The van der Waals surface area contributed by atoms with Crippen LogP contribution in [0, 0.1) is 0 Å². The molecule has 0 saturated heterocycles. The molecule has 0 aliphatic rings. The Morgan fingerprint density at radius 2 is 0.788 bits per heavy atom. The van der Waals surface area contributed by atoms with Crippen LogP contribution in [-0.4, -0.2) is 51.8 Å². The Morgan fingerprint density at radius 3 is 1.08 bits per heavy atom. The Hall–Kier alpha value is -6.16. The SMILES string of the molecule is COc1cc(C[n+]2ccn(Cc3c4ccccc4c(Cn4cc[n+](Cc5cc(OC)c(OC)c(OC)c5)c4)c4ccccc34)c2)cc(OC)c1OC. The summed E-state index contributed by atoms with van der Waals surface area (Å²) in [7, 11) is 9.79. The minimum atomic E-state index is 0.588. The van der Waals surface area contributed by atoms with E-state index in [1.54, 1.807) is 42.7 Å². The molecule has 0 radical (unpaired) electrons. The minimum absolute atomic E-state index is 0.588. The van der Waals surface area contributed by atoms with Crippen molar-refractivity contribution in [3.63, 3.8) is 0 Å². The molecule has 7 aromatic rings. The van der Waals surface area contributed by atoms with Gasteiger partial charge in [-0.15, -0.1) is 0 Å². The van der Waals surface area contributed by atoms with E-state index in [1.807, 2.05) is 24.3 Å². The van der Waals surface area contributed by atoms with E-state index >= 15 is 0 Å². The molecule has 0 spiro atoms. The molecule has 52 heavy (non-hydrogen) atoms. The van der Waals surface area contributed by atoms with Crippen LogP contribution in [0.3, 0.4) is 0 Å². The van der Waals surface area contributed by atoms with Crippen LogP contribution in [0.5, 0.6) is 34.5 Å². The first-order chi connectivity index (χ1) is 25.5. The number of hydrogen-bond acceptors (Lipinski definition) is 6. The van der Waals surface area contributed by atoms with Gasteiger partial charge in [0.2, 0.25) is 24.2 Å². The molecular weight excluding hydrogens is 656 g/mol. The van der Waals surface area contributed by atoms with Crippen molar-refractivity contribution in [3.8, 4) is 34.5 Å². The van der Waals surface area contributed by atoms with Crippen LogP contribution in [0.4, 0.5) is 0 Å². The zero-order chi connectivity index (χ0) is 36.2. The molecule has 0 N–H and O–H groups in total. The monoisotopic (exact) mass is 700 g/mol. The lowest BCUT2D eigenvalue weighted by Crippen LogP contribution is -2.31. The standard InChI is InChI=1S/C42H44N4O6/c1-47-37-19-29(20-38(48-2)41(37)51-5)23-43-15-17-45(27-43)25-35-31-11-7-9-13-33(31)36(34-14-10-8-12-32(34)35)26-46-18-16-44(28-46)24-30-21-39(49-3)42(52-6)40(22-30)50-4/h7-22,27-28H,23-26H2,1-6H3/q+2. The summed E-state index contributed by atoms with van der Waals surface area (Å²) in [6.07, 6.45) is 12.7. The van der Waals surface area contributed by atoms with Gasteiger partial charge in [-0.1, -0.05) is 48.5 Å². The largest absolute Gasteiger partial charge is 0.493 e. The Morgan fingerprint density at radius 1 is 0.462 bits per heavy atom. The van der Waals surface area contributed by atoms with E-state index in [2.05, 4.69) is 104 Å². The third-order valence-electron chi connectivity index (χ3n) is 9.51. The van der Waals surface area contributed by atoms with E-state index in [0.717, 1.165) is 24.2 Å². The average Bonchev–Trinajstić information content (AvgIpc) is 3.83. The van der Waals surface area contributed by atoms with Crippen LogP contribution in [0.1, 0.15) is 22.3 Å². The lowest BCUT2D eigenvalue weighted by atomic mass is 9.91. The van der Waals surface area contributed by atoms with Crippen LogP contribution in [0.25, 0.3) is 21.5 Å². The van der Waals surface area contributed by atoms with Crippen molar-refractivity contribution in [3.05, 3.63) is 132 Å². The summed E-state index contributed by atoms with van der Waals surface area (Å²) in [4.78, 5) is 0. The lowest BCUT2D eigenvalue weighted by molar-refractivity contribution is -0.688. The van der Waals surface area contributed by atoms with Crippen molar-refractivity contribution >= 4 is 21.5 Å². The first-order valence-corrected chi connectivity index (χ1v) is 17.0. The van der Waals surface area contributed by atoms with Crippen molar-refractivity contribution in [2.24, 2.45) is 0 Å². The molecule has 0 saturated carbocycles. The van der Waals surface area contributed by atoms with Gasteiger partial charge < -0.3 is 28.4 Å². The molecule has 266 valence electrons. The second-order valence-corrected chi connectivity index (χ2v) is 12.6. The van der Waals surface area contributed by atoms with Crippen LogP contribution in [0.15, 0.2) is 110 Å². The Kier molecular flexibility index (Phi) is 9.88. The number of rotatable bonds is 14. The summed E-state index contributed by atoms with van der Waals surface area (Å²) in [5, 5.41) is 4.99. The number of hydrogen-bond donors (Lipinski definition) is 0. The first kappa shape index (κ1) is 34.3. The Labute approximate surface area is 303 Å². The highest BCUT2D eigenvalue weighted by Gasteiger charge is 2.20. The van der Waals surface area contributed by atoms with E-state index in [9.17, 15) is 0 Å². The second kappa shape index (κ2) is 15.0. The molecule has 7 rings (SSSR count). The number of ether oxygens (including phenoxy) is 6. The van der Waals surface area contributed by atoms with Crippen LogP contribution in [0.2, 0.25) is 0 Å². The molecule has 2 aromatic heterocycles. The van der Waals surface area contributed by atoms with Gasteiger partial charge in [-0.3, -0.25) is 0 Å². The van der Waals surface area contributed by atoms with Crippen molar-refractivity contribution in [2.75, 3.05) is 42.7 Å². The molecule has 0 amide bonds. The zero-order valence-corrected chi connectivity index (χ0v) is 30.5. The van der Waals surface area contributed by atoms with Crippen LogP contribution >= 0.6 is 0 Å². The van der Waals surface area contributed by atoms with Gasteiger partial charge in [-0.25, -0.2) is 18.3 Å². The first-order valence-electron chi connectivity index (χ1n) is 17.0. The molecule has 0 aliphatic heterocycles. The minimum Gasteiger partial charge on any atom is -0.493 e. The molecule has 10 nitrogen and oxygen atoms in total. The maximum Gasteiger partial charge on any atom is 0.244 e. The van der Waals surface area contributed by atoms with E-state index in [-0.39, 0.29) is 0 Å². The van der Waals surface area contributed by atoms with Crippen LogP contribution in [-0.2, 0) is 26.2 Å². The molecule has 0 fully saturated rings. The summed E-state index contributed by atoms with van der Waals surface area (Å²) in [6.45, 7) is 2.75. The Bertz CT molecular complexity index is 2090. The van der Waals surface area contributed by atoms with Crippen molar-refractivity contribution in [1.29, 1.82) is 0 Å². The lowest BCUT2D eigenvalue weighted by Gasteiger charge is -2.15. The number of fused-ring (bicyclic) bond motifs is 2. The molecule has 0 unspecified atom stereocenters. The number of aromatic nitrogens is 4. The number of methoxy groups -OCH3 is 6. The maximum absolute atomic E-state index is 5.58. The quantitative estimate of drug-likeness (QED) is 0.0965. The number of benzene rings is 5. The number of nitrogens with zero attached hydrogens (tertiary/aromatic N) is 4. The van der Waals surface area contributed by atoms with E-state index in [4.69, 9.17) is 28.4 Å². The molecule has 5 aromatic carbocycles. The summed E-state index contributed by atoms with van der Waals surface area (Å²) < 4.78 is 42.2. The normalized spacial score (nSPS) is 11.2. The predicted molar refractivity (Wildman–Crippen MR) is 199 cm³/mol. The van der Waals surface area contributed by atoms with Gasteiger partial charge in [0.15, 0.2) is 23.0 Å². The fraction of sp³-hybridized carbons (Fsp3) is 0.238. The summed E-state index contributed by atoms with van der Waals surface area (Å²) in [5.74, 6) is 3.74. The highest BCUT2D eigenvalue weighted by molar-refractivity contribution is 6.05. The van der Waals surface area contributed by atoms with Gasteiger partial charge in [0.1, 0.15) is 51.0 Å². The topological polar surface area (TPSA) is 73.0 Å². The maximum atomic E-state index is 5.58.